The van der Waals surface area contributed by atoms with Crippen LogP contribution in [-0.2, 0) is 0 Å². The Morgan fingerprint density at radius 1 is 1.48 bits per heavy atom. The van der Waals surface area contributed by atoms with Crippen LogP contribution >= 0.6 is 0 Å². The predicted molar refractivity (Wildman–Crippen MR) is 104 cm³/mol. The Kier molecular flexibility index (Phi) is 6.82. The molecule has 25 heavy (non-hydrogen) atoms. The fraction of sp³-hybridized carbons (Fsp3) is 0.429. The Hall–Kier alpha value is -2.54. The standard InChI is InChI=1S/C21H27N3O/c1-5-8-10-16(11-15(4)9-6-2)24-21-12-18-17(7-3)19(13-22)25-20(18)14-23-21/h5,7-8,12,14-16H,3,6,9-11H2,1-2,4H3,(H,23,24)/b8-5-. The van der Waals surface area contributed by atoms with Crippen molar-refractivity contribution in [2.45, 2.75) is 52.5 Å². The first-order chi connectivity index (χ1) is 12.1. The van der Waals surface area contributed by atoms with Crippen molar-refractivity contribution in [2.24, 2.45) is 5.92 Å². The fourth-order valence-electron chi connectivity index (χ4n) is 3.21. The van der Waals surface area contributed by atoms with E-state index in [-0.39, 0.29) is 5.76 Å². The van der Waals surface area contributed by atoms with Gasteiger partial charge in [0.15, 0.2) is 5.58 Å². The van der Waals surface area contributed by atoms with Gasteiger partial charge in [-0.25, -0.2) is 4.98 Å². The van der Waals surface area contributed by atoms with E-state index in [9.17, 15) is 5.26 Å². The number of hydrogen-bond donors (Lipinski definition) is 1. The molecule has 132 valence electrons. The van der Waals surface area contributed by atoms with Gasteiger partial charge in [-0.05, 0) is 31.7 Å². The Labute approximate surface area is 150 Å². The lowest BCUT2D eigenvalue weighted by Crippen LogP contribution is -2.22. The van der Waals surface area contributed by atoms with Gasteiger partial charge in [-0.1, -0.05) is 51.5 Å². The summed E-state index contributed by atoms with van der Waals surface area (Å²) in [7, 11) is 0. The molecule has 0 aliphatic rings. The summed E-state index contributed by atoms with van der Waals surface area (Å²) in [6, 6.07) is 4.35. The molecule has 2 unspecified atom stereocenters. The number of allylic oxidation sites excluding steroid dienone is 1. The number of pyridine rings is 1. The molecule has 0 spiro atoms. The third-order valence-electron chi connectivity index (χ3n) is 4.40. The van der Waals surface area contributed by atoms with Gasteiger partial charge in [-0.15, -0.1) is 0 Å². The maximum Gasteiger partial charge on any atom is 0.212 e. The van der Waals surface area contributed by atoms with Crippen molar-refractivity contribution in [1.82, 2.24) is 4.98 Å². The molecule has 1 N–H and O–H groups in total. The van der Waals surface area contributed by atoms with Crippen molar-refractivity contribution >= 4 is 22.9 Å². The lowest BCUT2D eigenvalue weighted by atomic mass is 9.95. The zero-order valence-corrected chi connectivity index (χ0v) is 15.4. The largest absolute Gasteiger partial charge is 0.443 e. The fourth-order valence-corrected chi connectivity index (χ4v) is 3.21. The van der Waals surface area contributed by atoms with Crippen LogP contribution in [-0.4, -0.2) is 11.0 Å². The van der Waals surface area contributed by atoms with E-state index in [0.717, 1.165) is 29.6 Å². The second kappa shape index (κ2) is 9.08. The summed E-state index contributed by atoms with van der Waals surface area (Å²) in [6.07, 6.45) is 12.1. The smallest absolute Gasteiger partial charge is 0.212 e. The third-order valence-corrected chi connectivity index (χ3v) is 4.40. The molecule has 0 fully saturated rings. The van der Waals surface area contributed by atoms with Crippen LogP contribution in [0.5, 0.6) is 0 Å². The van der Waals surface area contributed by atoms with Crippen LogP contribution in [0, 0.1) is 17.2 Å². The second-order valence-corrected chi connectivity index (χ2v) is 6.50. The summed E-state index contributed by atoms with van der Waals surface area (Å²) in [5.41, 5.74) is 1.34. The monoisotopic (exact) mass is 337 g/mol. The summed E-state index contributed by atoms with van der Waals surface area (Å²) in [6.45, 7) is 10.4. The van der Waals surface area contributed by atoms with Gasteiger partial charge in [0.2, 0.25) is 5.76 Å². The van der Waals surface area contributed by atoms with E-state index in [1.165, 1.54) is 12.8 Å². The molecule has 0 saturated heterocycles. The molecule has 2 rings (SSSR count). The summed E-state index contributed by atoms with van der Waals surface area (Å²) in [5.74, 6) is 1.75. The van der Waals surface area contributed by atoms with Crippen molar-refractivity contribution in [2.75, 3.05) is 5.32 Å². The molecular weight excluding hydrogens is 310 g/mol. The van der Waals surface area contributed by atoms with E-state index < -0.39 is 0 Å². The van der Waals surface area contributed by atoms with Crippen LogP contribution in [0.4, 0.5) is 5.82 Å². The molecule has 4 nitrogen and oxygen atoms in total. The molecular formula is C21H27N3O. The van der Waals surface area contributed by atoms with Gasteiger partial charge in [-0.3, -0.25) is 0 Å². The highest BCUT2D eigenvalue weighted by atomic mass is 16.3. The second-order valence-electron chi connectivity index (χ2n) is 6.50. The van der Waals surface area contributed by atoms with E-state index in [2.05, 4.69) is 48.9 Å². The Morgan fingerprint density at radius 2 is 2.28 bits per heavy atom. The highest BCUT2D eigenvalue weighted by Gasteiger charge is 2.15. The molecule has 0 radical (unpaired) electrons. The minimum Gasteiger partial charge on any atom is -0.443 e. The summed E-state index contributed by atoms with van der Waals surface area (Å²) >= 11 is 0. The van der Waals surface area contributed by atoms with E-state index in [0.29, 0.717) is 17.5 Å². The highest BCUT2D eigenvalue weighted by Crippen LogP contribution is 2.28. The van der Waals surface area contributed by atoms with Gasteiger partial charge >= 0.3 is 0 Å². The average molecular weight is 337 g/mol. The quantitative estimate of drug-likeness (QED) is 0.577. The van der Waals surface area contributed by atoms with E-state index in [1.54, 1.807) is 12.3 Å². The van der Waals surface area contributed by atoms with Gasteiger partial charge in [0.05, 0.1) is 6.20 Å². The number of hydrogen-bond acceptors (Lipinski definition) is 4. The summed E-state index contributed by atoms with van der Waals surface area (Å²) < 4.78 is 5.53. The molecule has 0 amide bonds. The Bertz CT molecular complexity index is 782. The normalized spacial score (nSPS) is 13.7. The van der Waals surface area contributed by atoms with Crippen molar-refractivity contribution in [3.8, 4) is 6.07 Å². The molecule has 0 bridgehead atoms. The van der Waals surface area contributed by atoms with Crippen LogP contribution < -0.4 is 5.32 Å². The first-order valence-corrected chi connectivity index (χ1v) is 8.95. The molecule has 2 atom stereocenters. The first-order valence-electron chi connectivity index (χ1n) is 8.95. The zero-order chi connectivity index (χ0) is 18.2. The molecule has 2 aromatic rings. The number of aromatic nitrogens is 1. The van der Waals surface area contributed by atoms with Gasteiger partial charge in [0, 0.05) is 17.0 Å². The molecule has 0 saturated carbocycles. The van der Waals surface area contributed by atoms with E-state index >= 15 is 0 Å². The van der Waals surface area contributed by atoms with Gasteiger partial charge in [0.1, 0.15) is 11.9 Å². The summed E-state index contributed by atoms with van der Waals surface area (Å²) in [4.78, 5) is 4.46. The van der Waals surface area contributed by atoms with E-state index in [4.69, 9.17) is 4.42 Å². The summed E-state index contributed by atoms with van der Waals surface area (Å²) in [5, 5.41) is 13.6. The number of anilines is 1. The molecule has 2 aromatic heterocycles. The molecule has 4 heteroatoms. The number of nitrogens with one attached hydrogen (secondary N) is 1. The average Bonchev–Trinajstić information content (AvgIpc) is 2.96. The number of rotatable bonds is 9. The Balaban J connectivity index is 2.25. The molecule has 0 aliphatic carbocycles. The van der Waals surface area contributed by atoms with Crippen molar-refractivity contribution in [3.63, 3.8) is 0 Å². The van der Waals surface area contributed by atoms with Gasteiger partial charge in [0.25, 0.3) is 0 Å². The van der Waals surface area contributed by atoms with Crippen LogP contribution in [0.25, 0.3) is 17.0 Å². The van der Waals surface area contributed by atoms with Gasteiger partial charge in [-0.2, -0.15) is 5.26 Å². The maximum absolute atomic E-state index is 9.18. The number of nitrogens with zero attached hydrogens (tertiary/aromatic N) is 2. The zero-order valence-electron chi connectivity index (χ0n) is 15.4. The minimum atomic E-state index is 0.283. The predicted octanol–water partition coefficient (Wildman–Crippen LogP) is 5.92. The number of fused-ring (bicyclic) bond motifs is 1. The molecule has 0 aliphatic heterocycles. The highest BCUT2D eigenvalue weighted by molar-refractivity contribution is 5.90. The minimum absolute atomic E-state index is 0.283. The van der Waals surface area contributed by atoms with Crippen LogP contribution in [0.15, 0.2) is 35.4 Å². The Morgan fingerprint density at radius 3 is 2.92 bits per heavy atom. The van der Waals surface area contributed by atoms with Crippen molar-refractivity contribution in [3.05, 3.63) is 42.3 Å². The lowest BCUT2D eigenvalue weighted by molar-refractivity contribution is 0.447. The first kappa shape index (κ1) is 18.8. The van der Waals surface area contributed by atoms with Crippen LogP contribution in [0.2, 0.25) is 0 Å². The SMILES string of the molecule is C=Cc1c(C#N)oc2cnc(NC(C/C=C\C)CC(C)CCC)cc12. The van der Waals surface area contributed by atoms with Crippen LogP contribution in [0.1, 0.15) is 57.8 Å². The van der Waals surface area contributed by atoms with Crippen molar-refractivity contribution < 1.29 is 4.42 Å². The number of furan rings is 1. The van der Waals surface area contributed by atoms with Crippen molar-refractivity contribution in [1.29, 1.82) is 5.26 Å². The number of nitriles is 1. The third kappa shape index (κ3) is 4.73. The molecule has 0 aromatic carbocycles. The van der Waals surface area contributed by atoms with E-state index in [1.807, 2.05) is 13.0 Å². The topological polar surface area (TPSA) is 61.9 Å². The molecule has 2 heterocycles. The lowest BCUT2D eigenvalue weighted by Gasteiger charge is -2.21. The maximum atomic E-state index is 9.18. The van der Waals surface area contributed by atoms with Gasteiger partial charge < -0.3 is 9.73 Å². The van der Waals surface area contributed by atoms with Crippen LogP contribution in [0.3, 0.4) is 0 Å².